The molecule has 2 nitrogen and oxygen atoms in total. The Morgan fingerprint density at radius 2 is 2.27 bits per heavy atom. The van der Waals surface area contributed by atoms with Crippen molar-refractivity contribution in [2.45, 2.75) is 25.8 Å². The first kappa shape index (κ1) is 12.3. The van der Waals surface area contributed by atoms with Gasteiger partial charge in [-0.15, -0.1) is 12.4 Å². The number of methoxy groups -OCH3 is 1. The average Bonchev–Trinajstić information content (AvgIpc) is 2.27. The molecule has 2 rings (SSSR count). The van der Waals surface area contributed by atoms with Crippen molar-refractivity contribution in [3.63, 3.8) is 0 Å². The summed E-state index contributed by atoms with van der Waals surface area (Å²) < 4.78 is 5.23. The van der Waals surface area contributed by atoms with Crippen molar-refractivity contribution in [2.24, 2.45) is 0 Å². The SMILES string of the molecule is CCC1NCCc2cc(OC)ccc21.Cl. The van der Waals surface area contributed by atoms with Crippen LogP contribution in [0, 0.1) is 0 Å². The van der Waals surface area contributed by atoms with Crippen LogP contribution in [0.1, 0.15) is 30.5 Å². The van der Waals surface area contributed by atoms with Gasteiger partial charge in [0, 0.05) is 6.04 Å². The lowest BCUT2D eigenvalue weighted by Gasteiger charge is -2.26. The topological polar surface area (TPSA) is 21.3 Å². The zero-order chi connectivity index (χ0) is 9.97. The Kier molecular flexibility index (Phi) is 4.43. The molecule has 1 N–H and O–H groups in total. The van der Waals surface area contributed by atoms with E-state index in [4.69, 9.17) is 4.74 Å². The maximum Gasteiger partial charge on any atom is 0.119 e. The highest BCUT2D eigenvalue weighted by Crippen LogP contribution is 2.28. The van der Waals surface area contributed by atoms with Gasteiger partial charge in [0.25, 0.3) is 0 Å². The van der Waals surface area contributed by atoms with Crippen LogP contribution < -0.4 is 10.1 Å². The summed E-state index contributed by atoms with van der Waals surface area (Å²) >= 11 is 0. The van der Waals surface area contributed by atoms with Crippen LogP contribution in [0.2, 0.25) is 0 Å². The molecule has 0 radical (unpaired) electrons. The molecule has 1 aromatic carbocycles. The molecule has 0 aliphatic carbocycles. The Bertz CT molecular complexity index is 327. The first-order valence-electron chi connectivity index (χ1n) is 5.25. The average molecular weight is 228 g/mol. The van der Waals surface area contributed by atoms with Crippen LogP contribution in [-0.4, -0.2) is 13.7 Å². The van der Waals surface area contributed by atoms with Gasteiger partial charge in [0.2, 0.25) is 0 Å². The molecule has 15 heavy (non-hydrogen) atoms. The summed E-state index contributed by atoms with van der Waals surface area (Å²) in [6.07, 6.45) is 2.27. The molecule has 1 aliphatic heterocycles. The normalized spacial score (nSPS) is 18.9. The molecule has 1 aliphatic rings. The van der Waals surface area contributed by atoms with E-state index in [9.17, 15) is 0 Å². The van der Waals surface area contributed by atoms with Gasteiger partial charge in [0.05, 0.1) is 7.11 Å². The minimum absolute atomic E-state index is 0. The fraction of sp³-hybridized carbons (Fsp3) is 0.500. The van der Waals surface area contributed by atoms with Crippen LogP contribution in [0.15, 0.2) is 18.2 Å². The van der Waals surface area contributed by atoms with E-state index in [0.29, 0.717) is 6.04 Å². The maximum absolute atomic E-state index is 5.23. The second-order valence-corrected chi connectivity index (χ2v) is 3.73. The van der Waals surface area contributed by atoms with Gasteiger partial charge in [0.1, 0.15) is 5.75 Å². The second-order valence-electron chi connectivity index (χ2n) is 3.73. The fourth-order valence-corrected chi connectivity index (χ4v) is 2.12. The number of benzene rings is 1. The standard InChI is InChI=1S/C12H17NO.ClH/c1-3-12-11-5-4-10(14-2)8-9(11)6-7-13-12;/h4-5,8,12-13H,3,6-7H2,1-2H3;1H. The molecule has 1 unspecified atom stereocenters. The predicted octanol–water partition coefficient (Wildman–Crippen LogP) is 2.71. The Hall–Kier alpha value is -0.730. The molecule has 0 saturated heterocycles. The van der Waals surface area contributed by atoms with Gasteiger partial charge in [-0.2, -0.15) is 0 Å². The van der Waals surface area contributed by atoms with Crippen molar-refractivity contribution in [3.05, 3.63) is 29.3 Å². The molecule has 0 bridgehead atoms. The predicted molar refractivity (Wildman–Crippen MR) is 65.0 cm³/mol. The van der Waals surface area contributed by atoms with Crippen LogP contribution in [0.5, 0.6) is 5.75 Å². The molecule has 1 aromatic rings. The summed E-state index contributed by atoms with van der Waals surface area (Å²) in [5, 5.41) is 3.52. The van der Waals surface area contributed by atoms with Gasteiger partial charge in [-0.1, -0.05) is 13.0 Å². The van der Waals surface area contributed by atoms with E-state index in [0.717, 1.165) is 25.1 Å². The van der Waals surface area contributed by atoms with Crippen LogP contribution >= 0.6 is 12.4 Å². The molecule has 0 fully saturated rings. The quantitative estimate of drug-likeness (QED) is 0.839. The third-order valence-corrected chi connectivity index (χ3v) is 2.92. The van der Waals surface area contributed by atoms with E-state index in [1.54, 1.807) is 7.11 Å². The third kappa shape index (κ3) is 2.44. The zero-order valence-corrected chi connectivity index (χ0v) is 10.1. The molecule has 0 aromatic heterocycles. The number of hydrogen-bond acceptors (Lipinski definition) is 2. The number of ether oxygens (including phenoxy) is 1. The Balaban J connectivity index is 0.00000112. The van der Waals surface area contributed by atoms with E-state index in [1.165, 1.54) is 11.1 Å². The lowest BCUT2D eigenvalue weighted by Crippen LogP contribution is -2.29. The number of fused-ring (bicyclic) bond motifs is 1. The largest absolute Gasteiger partial charge is 0.497 e. The molecular formula is C12H18ClNO. The molecular weight excluding hydrogens is 210 g/mol. The van der Waals surface area contributed by atoms with E-state index in [-0.39, 0.29) is 12.4 Å². The molecule has 0 saturated carbocycles. The highest BCUT2D eigenvalue weighted by molar-refractivity contribution is 5.85. The van der Waals surface area contributed by atoms with Gasteiger partial charge < -0.3 is 10.1 Å². The second kappa shape index (κ2) is 5.38. The summed E-state index contributed by atoms with van der Waals surface area (Å²) in [4.78, 5) is 0. The fourth-order valence-electron chi connectivity index (χ4n) is 2.12. The lowest BCUT2D eigenvalue weighted by atomic mass is 9.93. The number of hydrogen-bond donors (Lipinski definition) is 1. The van der Waals surface area contributed by atoms with Gasteiger partial charge >= 0.3 is 0 Å². The summed E-state index contributed by atoms with van der Waals surface area (Å²) in [6, 6.07) is 6.94. The number of rotatable bonds is 2. The van der Waals surface area contributed by atoms with Gasteiger partial charge in [-0.05, 0) is 42.6 Å². The Morgan fingerprint density at radius 1 is 1.47 bits per heavy atom. The zero-order valence-electron chi connectivity index (χ0n) is 9.25. The monoisotopic (exact) mass is 227 g/mol. The van der Waals surface area contributed by atoms with Gasteiger partial charge in [0.15, 0.2) is 0 Å². The van der Waals surface area contributed by atoms with Crippen molar-refractivity contribution in [1.82, 2.24) is 5.32 Å². The van der Waals surface area contributed by atoms with E-state index in [2.05, 4.69) is 30.4 Å². The lowest BCUT2D eigenvalue weighted by molar-refractivity contribution is 0.412. The summed E-state index contributed by atoms with van der Waals surface area (Å²) in [5.41, 5.74) is 2.88. The number of halogens is 1. The summed E-state index contributed by atoms with van der Waals surface area (Å²) in [7, 11) is 1.72. The molecule has 0 amide bonds. The summed E-state index contributed by atoms with van der Waals surface area (Å²) in [5.74, 6) is 0.973. The van der Waals surface area contributed by atoms with E-state index < -0.39 is 0 Å². The number of nitrogens with one attached hydrogen (secondary N) is 1. The molecule has 3 heteroatoms. The van der Waals surface area contributed by atoms with Crippen molar-refractivity contribution >= 4 is 12.4 Å². The van der Waals surface area contributed by atoms with E-state index >= 15 is 0 Å². The molecule has 84 valence electrons. The molecule has 1 atom stereocenters. The van der Waals surface area contributed by atoms with Crippen molar-refractivity contribution in [2.75, 3.05) is 13.7 Å². The first-order valence-corrected chi connectivity index (χ1v) is 5.25. The van der Waals surface area contributed by atoms with Crippen molar-refractivity contribution in [3.8, 4) is 5.75 Å². The minimum atomic E-state index is 0. The van der Waals surface area contributed by atoms with Gasteiger partial charge in [-0.3, -0.25) is 0 Å². The van der Waals surface area contributed by atoms with Crippen molar-refractivity contribution in [1.29, 1.82) is 0 Å². The van der Waals surface area contributed by atoms with Crippen LogP contribution in [0.25, 0.3) is 0 Å². The Labute approximate surface area is 97.4 Å². The molecule has 0 spiro atoms. The summed E-state index contributed by atoms with van der Waals surface area (Å²) in [6.45, 7) is 3.30. The highest BCUT2D eigenvalue weighted by atomic mass is 35.5. The molecule has 1 heterocycles. The van der Waals surface area contributed by atoms with Crippen molar-refractivity contribution < 1.29 is 4.74 Å². The van der Waals surface area contributed by atoms with Crippen LogP contribution in [0.3, 0.4) is 0 Å². The van der Waals surface area contributed by atoms with Crippen LogP contribution in [-0.2, 0) is 6.42 Å². The maximum atomic E-state index is 5.23. The minimum Gasteiger partial charge on any atom is -0.497 e. The van der Waals surface area contributed by atoms with Gasteiger partial charge in [-0.25, -0.2) is 0 Å². The third-order valence-electron chi connectivity index (χ3n) is 2.92. The Morgan fingerprint density at radius 3 is 2.93 bits per heavy atom. The van der Waals surface area contributed by atoms with E-state index in [1.807, 2.05) is 0 Å². The van der Waals surface area contributed by atoms with Crippen LogP contribution in [0.4, 0.5) is 0 Å². The highest BCUT2D eigenvalue weighted by Gasteiger charge is 2.17. The smallest absolute Gasteiger partial charge is 0.119 e. The first-order chi connectivity index (χ1) is 6.85.